The normalized spacial score (nSPS) is 9.94. The fourth-order valence-electron chi connectivity index (χ4n) is 1.99. The molecule has 0 saturated carbocycles. The summed E-state index contributed by atoms with van der Waals surface area (Å²) in [5.41, 5.74) is 4.19. The summed E-state index contributed by atoms with van der Waals surface area (Å²) in [7, 11) is 2.03. The average molecular weight is 242 g/mol. The second-order valence-corrected chi connectivity index (χ2v) is 4.85. The molecule has 0 aliphatic rings. The molecule has 0 fully saturated rings. The molecule has 0 spiro atoms. The molecule has 0 N–H and O–H groups in total. The number of aryl methyl sites for hydroxylation is 1. The molecule has 2 rings (SSSR count). The van der Waals surface area contributed by atoms with Crippen LogP contribution in [0.5, 0.6) is 0 Å². The lowest BCUT2D eigenvalue weighted by Crippen LogP contribution is -2.18. The zero-order valence-electron chi connectivity index (χ0n) is 9.97. The van der Waals surface area contributed by atoms with Crippen LogP contribution in [0.3, 0.4) is 0 Å². The Balaban J connectivity index is 2.31. The highest BCUT2D eigenvalue weighted by Gasteiger charge is 2.10. The molecule has 0 bridgehead atoms. The van der Waals surface area contributed by atoms with E-state index in [0.29, 0.717) is 0 Å². The molecule has 1 aromatic carbocycles. The standard InChI is InChI=1S/C14H14N2S/c1-11-4-3-5-13(8-15)14(11)16(2)9-12-6-7-17-10-12/h3-7,10H,9H2,1-2H3. The third-order valence-electron chi connectivity index (χ3n) is 2.74. The molecule has 2 aromatic rings. The van der Waals surface area contributed by atoms with Crippen molar-refractivity contribution in [1.29, 1.82) is 5.26 Å². The topological polar surface area (TPSA) is 27.0 Å². The lowest BCUT2D eigenvalue weighted by Gasteiger charge is -2.22. The van der Waals surface area contributed by atoms with E-state index in [2.05, 4.69) is 27.8 Å². The maximum absolute atomic E-state index is 9.14. The van der Waals surface area contributed by atoms with Gasteiger partial charge in [-0.1, -0.05) is 12.1 Å². The van der Waals surface area contributed by atoms with Crippen LogP contribution in [0.15, 0.2) is 35.0 Å². The van der Waals surface area contributed by atoms with Gasteiger partial charge in [0.15, 0.2) is 0 Å². The predicted molar refractivity (Wildman–Crippen MR) is 72.3 cm³/mol. The highest BCUT2D eigenvalue weighted by atomic mass is 32.1. The van der Waals surface area contributed by atoms with Crippen molar-refractivity contribution in [1.82, 2.24) is 0 Å². The number of hydrogen-bond donors (Lipinski definition) is 0. The molecule has 1 heterocycles. The van der Waals surface area contributed by atoms with Crippen LogP contribution in [0.25, 0.3) is 0 Å². The second kappa shape index (κ2) is 5.03. The van der Waals surface area contributed by atoms with Gasteiger partial charge in [-0.25, -0.2) is 0 Å². The Morgan fingerprint density at radius 1 is 1.35 bits per heavy atom. The molecule has 3 heteroatoms. The third kappa shape index (κ3) is 2.48. The molecule has 0 radical (unpaired) electrons. The van der Waals surface area contributed by atoms with Gasteiger partial charge in [-0.05, 0) is 40.9 Å². The van der Waals surface area contributed by atoms with Crippen molar-refractivity contribution in [2.24, 2.45) is 0 Å². The molecule has 0 unspecified atom stereocenters. The van der Waals surface area contributed by atoms with Crippen molar-refractivity contribution in [3.63, 3.8) is 0 Å². The summed E-state index contributed by atoms with van der Waals surface area (Å²) in [6.45, 7) is 2.88. The Hall–Kier alpha value is -1.79. The largest absolute Gasteiger partial charge is 0.369 e. The van der Waals surface area contributed by atoms with E-state index in [4.69, 9.17) is 5.26 Å². The number of anilines is 1. The summed E-state index contributed by atoms with van der Waals surface area (Å²) < 4.78 is 0. The minimum atomic E-state index is 0.739. The summed E-state index contributed by atoms with van der Waals surface area (Å²) in [5.74, 6) is 0. The van der Waals surface area contributed by atoms with E-state index in [1.54, 1.807) is 11.3 Å². The summed E-state index contributed by atoms with van der Waals surface area (Å²) >= 11 is 1.70. The molecule has 0 aliphatic heterocycles. The first kappa shape index (κ1) is 11.7. The SMILES string of the molecule is Cc1cccc(C#N)c1N(C)Cc1ccsc1. The predicted octanol–water partition coefficient (Wildman–Crippen LogP) is 3.56. The monoisotopic (exact) mass is 242 g/mol. The highest BCUT2D eigenvalue weighted by molar-refractivity contribution is 7.07. The van der Waals surface area contributed by atoms with Crippen LogP contribution in [0, 0.1) is 18.3 Å². The van der Waals surface area contributed by atoms with Crippen LogP contribution in [0.2, 0.25) is 0 Å². The van der Waals surface area contributed by atoms with Gasteiger partial charge in [-0.2, -0.15) is 16.6 Å². The number of rotatable bonds is 3. The van der Waals surface area contributed by atoms with Crippen molar-refractivity contribution in [2.45, 2.75) is 13.5 Å². The summed E-state index contributed by atoms with van der Waals surface area (Å²) in [4.78, 5) is 2.13. The van der Waals surface area contributed by atoms with E-state index in [0.717, 1.165) is 23.4 Å². The lowest BCUT2D eigenvalue weighted by molar-refractivity contribution is 0.919. The van der Waals surface area contributed by atoms with Crippen molar-refractivity contribution in [3.05, 3.63) is 51.7 Å². The van der Waals surface area contributed by atoms with Gasteiger partial charge >= 0.3 is 0 Å². The van der Waals surface area contributed by atoms with Gasteiger partial charge in [0.25, 0.3) is 0 Å². The quantitative estimate of drug-likeness (QED) is 0.822. The van der Waals surface area contributed by atoms with Crippen LogP contribution in [0.4, 0.5) is 5.69 Å². The molecule has 86 valence electrons. The van der Waals surface area contributed by atoms with Gasteiger partial charge in [0, 0.05) is 13.6 Å². The zero-order valence-corrected chi connectivity index (χ0v) is 10.8. The van der Waals surface area contributed by atoms with Gasteiger partial charge in [0.1, 0.15) is 6.07 Å². The van der Waals surface area contributed by atoms with Crippen LogP contribution in [0.1, 0.15) is 16.7 Å². The minimum Gasteiger partial charge on any atom is -0.369 e. The summed E-state index contributed by atoms with van der Waals surface area (Å²) in [6, 6.07) is 10.2. The fraction of sp³-hybridized carbons (Fsp3) is 0.214. The second-order valence-electron chi connectivity index (χ2n) is 4.07. The third-order valence-corrected chi connectivity index (χ3v) is 3.47. The molecular formula is C14H14N2S. The van der Waals surface area contributed by atoms with Gasteiger partial charge < -0.3 is 4.90 Å². The molecule has 1 aromatic heterocycles. The van der Waals surface area contributed by atoms with Gasteiger partial charge in [-0.15, -0.1) is 0 Å². The van der Waals surface area contributed by atoms with E-state index in [9.17, 15) is 0 Å². The summed E-state index contributed by atoms with van der Waals surface area (Å²) in [5, 5.41) is 13.4. The number of para-hydroxylation sites is 1. The Morgan fingerprint density at radius 2 is 2.18 bits per heavy atom. The van der Waals surface area contributed by atoms with Gasteiger partial charge in [-0.3, -0.25) is 0 Å². The Bertz CT molecular complexity index is 538. The van der Waals surface area contributed by atoms with Gasteiger partial charge in [0.05, 0.1) is 11.3 Å². The Kier molecular flexibility index (Phi) is 3.46. The van der Waals surface area contributed by atoms with Crippen LogP contribution in [-0.4, -0.2) is 7.05 Å². The maximum Gasteiger partial charge on any atom is 0.101 e. The number of thiophene rings is 1. The molecule has 17 heavy (non-hydrogen) atoms. The molecule has 0 aliphatic carbocycles. The van der Waals surface area contributed by atoms with Crippen molar-refractivity contribution >= 4 is 17.0 Å². The highest BCUT2D eigenvalue weighted by Crippen LogP contribution is 2.25. The van der Waals surface area contributed by atoms with Crippen LogP contribution < -0.4 is 4.90 Å². The Morgan fingerprint density at radius 3 is 2.82 bits per heavy atom. The lowest BCUT2D eigenvalue weighted by atomic mass is 10.1. The molecule has 0 saturated heterocycles. The Labute approximate surface area is 106 Å². The minimum absolute atomic E-state index is 0.739. The first-order valence-corrected chi connectivity index (χ1v) is 6.38. The molecular weight excluding hydrogens is 228 g/mol. The summed E-state index contributed by atoms with van der Waals surface area (Å²) in [6.07, 6.45) is 0. The van der Waals surface area contributed by atoms with Crippen molar-refractivity contribution < 1.29 is 0 Å². The van der Waals surface area contributed by atoms with E-state index in [1.165, 1.54) is 5.56 Å². The molecule has 0 amide bonds. The van der Waals surface area contributed by atoms with E-state index < -0.39 is 0 Å². The van der Waals surface area contributed by atoms with Crippen LogP contribution >= 0.6 is 11.3 Å². The number of nitrogens with zero attached hydrogens (tertiary/aromatic N) is 2. The van der Waals surface area contributed by atoms with E-state index in [-0.39, 0.29) is 0 Å². The number of benzene rings is 1. The first-order valence-electron chi connectivity index (χ1n) is 5.44. The van der Waals surface area contributed by atoms with Crippen molar-refractivity contribution in [3.8, 4) is 6.07 Å². The first-order chi connectivity index (χ1) is 8.22. The number of hydrogen-bond acceptors (Lipinski definition) is 3. The smallest absolute Gasteiger partial charge is 0.101 e. The molecule has 0 atom stereocenters. The zero-order chi connectivity index (χ0) is 12.3. The number of nitriles is 1. The van der Waals surface area contributed by atoms with E-state index >= 15 is 0 Å². The average Bonchev–Trinajstić information content (AvgIpc) is 2.81. The molecule has 2 nitrogen and oxygen atoms in total. The van der Waals surface area contributed by atoms with E-state index in [1.807, 2.05) is 32.2 Å². The fourth-order valence-corrected chi connectivity index (χ4v) is 2.65. The van der Waals surface area contributed by atoms with Crippen LogP contribution in [-0.2, 0) is 6.54 Å². The van der Waals surface area contributed by atoms with Crippen molar-refractivity contribution in [2.75, 3.05) is 11.9 Å². The maximum atomic E-state index is 9.14. The van der Waals surface area contributed by atoms with Gasteiger partial charge in [0.2, 0.25) is 0 Å².